The maximum atomic E-state index is 11.1. The minimum Gasteiger partial charge on any atom is -0.496 e. The molecule has 0 N–H and O–H groups in total. The standard InChI is InChI=1S/C12H10BrNO3/c1-16-11-4-3-10(13)8-9(11)2-5-12(15)17-7-6-14/h2-5,8H,7H2,1H3/b5-2+. The Morgan fingerprint density at radius 3 is 3.00 bits per heavy atom. The van der Waals surface area contributed by atoms with Crippen molar-refractivity contribution in [2.75, 3.05) is 13.7 Å². The second kappa shape index (κ2) is 6.71. The third-order valence-electron chi connectivity index (χ3n) is 1.87. The number of carbonyl (C=O) groups is 1. The first-order valence-corrected chi connectivity index (χ1v) is 5.52. The van der Waals surface area contributed by atoms with Crippen molar-refractivity contribution < 1.29 is 14.3 Å². The lowest BCUT2D eigenvalue weighted by Gasteiger charge is -2.04. The summed E-state index contributed by atoms with van der Waals surface area (Å²) in [4.78, 5) is 11.1. The molecule has 0 aromatic heterocycles. The van der Waals surface area contributed by atoms with Gasteiger partial charge in [0.25, 0.3) is 0 Å². The summed E-state index contributed by atoms with van der Waals surface area (Å²) < 4.78 is 10.6. The number of nitrogens with zero attached hydrogens (tertiary/aromatic N) is 1. The van der Waals surface area contributed by atoms with Crippen molar-refractivity contribution in [2.24, 2.45) is 0 Å². The Kier molecular flexibility index (Phi) is 5.24. The van der Waals surface area contributed by atoms with Crippen LogP contribution in [-0.4, -0.2) is 19.7 Å². The minimum atomic E-state index is -0.562. The average molecular weight is 296 g/mol. The number of esters is 1. The van der Waals surface area contributed by atoms with Crippen LogP contribution in [0.25, 0.3) is 6.08 Å². The van der Waals surface area contributed by atoms with Crippen LogP contribution >= 0.6 is 15.9 Å². The van der Waals surface area contributed by atoms with Gasteiger partial charge < -0.3 is 9.47 Å². The van der Waals surface area contributed by atoms with Gasteiger partial charge in [0.2, 0.25) is 0 Å². The highest BCUT2D eigenvalue weighted by Gasteiger charge is 2.01. The zero-order valence-electron chi connectivity index (χ0n) is 9.14. The Hall–Kier alpha value is -1.80. The Morgan fingerprint density at radius 1 is 1.59 bits per heavy atom. The molecule has 0 unspecified atom stereocenters. The molecule has 0 saturated carbocycles. The smallest absolute Gasteiger partial charge is 0.331 e. The third kappa shape index (κ3) is 4.29. The Labute approximate surface area is 108 Å². The number of hydrogen-bond acceptors (Lipinski definition) is 4. The van der Waals surface area contributed by atoms with Crippen molar-refractivity contribution in [3.05, 3.63) is 34.3 Å². The zero-order chi connectivity index (χ0) is 12.7. The van der Waals surface area contributed by atoms with E-state index in [1.807, 2.05) is 12.1 Å². The minimum absolute atomic E-state index is 0.251. The number of hydrogen-bond donors (Lipinski definition) is 0. The van der Waals surface area contributed by atoms with Gasteiger partial charge in [0.1, 0.15) is 11.8 Å². The van der Waals surface area contributed by atoms with Gasteiger partial charge in [-0.1, -0.05) is 15.9 Å². The fourth-order valence-electron chi connectivity index (χ4n) is 1.14. The Balaban J connectivity index is 2.80. The molecular weight excluding hydrogens is 286 g/mol. The zero-order valence-corrected chi connectivity index (χ0v) is 10.7. The van der Waals surface area contributed by atoms with Gasteiger partial charge in [0.05, 0.1) is 7.11 Å². The lowest BCUT2D eigenvalue weighted by atomic mass is 10.2. The molecule has 88 valence electrons. The third-order valence-corrected chi connectivity index (χ3v) is 2.36. The Bertz CT molecular complexity index is 477. The molecule has 0 aliphatic rings. The number of methoxy groups -OCH3 is 1. The van der Waals surface area contributed by atoms with Gasteiger partial charge in [-0.3, -0.25) is 0 Å². The number of nitriles is 1. The molecule has 17 heavy (non-hydrogen) atoms. The topological polar surface area (TPSA) is 59.3 Å². The van der Waals surface area contributed by atoms with E-state index < -0.39 is 5.97 Å². The first kappa shape index (κ1) is 13.3. The first-order valence-electron chi connectivity index (χ1n) is 4.72. The molecule has 0 heterocycles. The second-order valence-corrected chi connectivity index (χ2v) is 3.90. The first-order chi connectivity index (χ1) is 8.17. The van der Waals surface area contributed by atoms with Gasteiger partial charge in [-0.2, -0.15) is 5.26 Å². The van der Waals surface area contributed by atoms with E-state index >= 15 is 0 Å². The number of benzene rings is 1. The van der Waals surface area contributed by atoms with Crippen LogP contribution in [0.1, 0.15) is 5.56 Å². The highest BCUT2D eigenvalue weighted by Crippen LogP contribution is 2.24. The number of ether oxygens (including phenoxy) is 2. The molecule has 0 spiro atoms. The summed E-state index contributed by atoms with van der Waals surface area (Å²) in [5.74, 6) is 0.0890. The number of carbonyl (C=O) groups excluding carboxylic acids is 1. The van der Waals surface area contributed by atoms with Crippen molar-refractivity contribution in [1.82, 2.24) is 0 Å². The summed E-state index contributed by atoms with van der Waals surface area (Å²) in [6, 6.07) is 7.15. The van der Waals surface area contributed by atoms with Gasteiger partial charge in [0.15, 0.2) is 6.61 Å². The summed E-state index contributed by atoms with van der Waals surface area (Å²) in [7, 11) is 1.55. The Morgan fingerprint density at radius 2 is 2.35 bits per heavy atom. The largest absolute Gasteiger partial charge is 0.496 e. The number of rotatable bonds is 4. The van der Waals surface area contributed by atoms with Crippen molar-refractivity contribution in [3.63, 3.8) is 0 Å². The summed E-state index contributed by atoms with van der Waals surface area (Å²) in [6.45, 7) is -0.251. The fourth-order valence-corrected chi connectivity index (χ4v) is 1.52. The van der Waals surface area contributed by atoms with Crippen LogP contribution in [0.3, 0.4) is 0 Å². The van der Waals surface area contributed by atoms with Gasteiger partial charge >= 0.3 is 5.97 Å². The van der Waals surface area contributed by atoms with Crippen molar-refractivity contribution in [3.8, 4) is 11.8 Å². The van der Waals surface area contributed by atoms with E-state index in [1.165, 1.54) is 6.08 Å². The summed E-state index contributed by atoms with van der Waals surface area (Å²) >= 11 is 3.33. The maximum absolute atomic E-state index is 11.1. The second-order valence-electron chi connectivity index (χ2n) is 2.99. The van der Waals surface area contributed by atoms with Crippen LogP contribution in [0, 0.1) is 11.3 Å². The highest BCUT2D eigenvalue weighted by atomic mass is 79.9. The van der Waals surface area contributed by atoms with E-state index in [1.54, 1.807) is 25.3 Å². The van der Waals surface area contributed by atoms with Crippen LogP contribution in [0.4, 0.5) is 0 Å². The van der Waals surface area contributed by atoms with Crippen molar-refractivity contribution in [2.45, 2.75) is 0 Å². The predicted octanol–water partition coefficient (Wildman–Crippen LogP) is 2.54. The molecule has 0 radical (unpaired) electrons. The number of halogens is 1. The molecule has 5 heteroatoms. The van der Waals surface area contributed by atoms with E-state index in [0.29, 0.717) is 5.75 Å². The summed E-state index contributed by atoms with van der Waals surface area (Å²) in [5, 5.41) is 8.24. The monoisotopic (exact) mass is 295 g/mol. The molecule has 0 amide bonds. The van der Waals surface area contributed by atoms with Crippen LogP contribution in [0.15, 0.2) is 28.7 Å². The SMILES string of the molecule is COc1ccc(Br)cc1/C=C/C(=O)OCC#N. The lowest BCUT2D eigenvalue weighted by molar-refractivity contribution is -0.136. The molecule has 0 atom stereocenters. The molecule has 0 saturated heterocycles. The predicted molar refractivity (Wildman–Crippen MR) is 66.3 cm³/mol. The van der Waals surface area contributed by atoms with Crippen LogP contribution < -0.4 is 4.74 Å². The van der Waals surface area contributed by atoms with Crippen LogP contribution in [0.5, 0.6) is 5.75 Å². The molecule has 0 aliphatic heterocycles. The van der Waals surface area contributed by atoms with Crippen molar-refractivity contribution in [1.29, 1.82) is 5.26 Å². The lowest BCUT2D eigenvalue weighted by Crippen LogP contribution is -2.00. The highest BCUT2D eigenvalue weighted by molar-refractivity contribution is 9.10. The quantitative estimate of drug-likeness (QED) is 0.633. The van der Waals surface area contributed by atoms with E-state index in [-0.39, 0.29) is 6.61 Å². The van der Waals surface area contributed by atoms with Crippen molar-refractivity contribution >= 4 is 28.0 Å². The molecule has 1 aromatic carbocycles. The molecule has 4 nitrogen and oxygen atoms in total. The van der Waals surface area contributed by atoms with Crippen LogP contribution in [0.2, 0.25) is 0 Å². The molecule has 1 aromatic rings. The summed E-state index contributed by atoms with van der Waals surface area (Å²) in [6.07, 6.45) is 2.82. The maximum Gasteiger partial charge on any atom is 0.331 e. The normalized spacial score (nSPS) is 9.94. The fraction of sp³-hybridized carbons (Fsp3) is 0.167. The van der Waals surface area contributed by atoms with E-state index in [4.69, 9.17) is 10.00 Å². The van der Waals surface area contributed by atoms with E-state index in [0.717, 1.165) is 10.0 Å². The van der Waals surface area contributed by atoms with E-state index in [2.05, 4.69) is 20.7 Å². The molecule has 1 rings (SSSR count). The molecule has 0 aliphatic carbocycles. The molecular formula is C12H10BrNO3. The van der Waals surface area contributed by atoms with Gasteiger partial charge in [-0.25, -0.2) is 4.79 Å². The van der Waals surface area contributed by atoms with Gasteiger partial charge in [0, 0.05) is 16.1 Å². The van der Waals surface area contributed by atoms with Crippen LogP contribution in [-0.2, 0) is 9.53 Å². The average Bonchev–Trinajstić information content (AvgIpc) is 2.34. The molecule has 0 fully saturated rings. The van der Waals surface area contributed by atoms with E-state index in [9.17, 15) is 4.79 Å². The molecule has 0 bridgehead atoms. The summed E-state index contributed by atoms with van der Waals surface area (Å²) in [5.41, 5.74) is 0.746. The van der Waals surface area contributed by atoms with Gasteiger partial charge in [-0.05, 0) is 24.3 Å². The van der Waals surface area contributed by atoms with Gasteiger partial charge in [-0.15, -0.1) is 0 Å².